The van der Waals surface area contributed by atoms with E-state index in [1.807, 2.05) is 25.1 Å². The lowest BCUT2D eigenvalue weighted by Crippen LogP contribution is -2.46. The number of imide groups is 1. The zero-order valence-electron chi connectivity index (χ0n) is 22.6. The van der Waals surface area contributed by atoms with Crippen LogP contribution in [-0.2, 0) is 19.0 Å². The topological polar surface area (TPSA) is 137 Å². The summed E-state index contributed by atoms with van der Waals surface area (Å²) < 4.78 is 11.5. The molecule has 1 aliphatic carbocycles. The highest BCUT2D eigenvalue weighted by molar-refractivity contribution is 6.58. The average molecular weight is 545 g/mol. The van der Waals surface area contributed by atoms with Crippen molar-refractivity contribution in [2.75, 3.05) is 18.6 Å². The summed E-state index contributed by atoms with van der Waals surface area (Å²) in [4.78, 5) is 28.6. The quantitative estimate of drug-likeness (QED) is 0.225. The third-order valence-corrected chi connectivity index (χ3v) is 8.16. The SMILES string of the molecule is COCC1=C2[C@@H](CC/C(C)=C/c3ccc(O)cc3)OB(O)C[C@@H]2[C@@H]2C(=O)N(c3cccc(B(O)O)c3)C(=O)[C@@H]2C1. The maximum absolute atomic E-state index is 13.8. The number of anilines is 1. The Balaban J connectivity index is 1.43. The Morgan fingerprint density at radius 2 is 1.90 bits per heavy atom. The van der Waals surface area contributed by atoms with Crippen molar-refractivity contribution in [3.05, 3.63) is 70.8 Å². The predicted octanol–water partition coefficient (Wildman–Crippen LogP) is 1.90. The molecule has 0 bridgehead atoms. The number of amides is 2. The number of nitrogens with zero attached hydrogens (tertiary/aromatic N) is 1. The number of methoxy groups -OCH3 is 1. The molecule has 4 N–H and O–H groups in total. The normalized spacial score (nSPS) is 24.9. The number of ether oxygens (including phenoxy) is 1. The van der Waals surface area contributed by atoms with Crippen LogP contribution >= 0.6 is 0 Å². The molecule has 2 aromatic carbocycles. The van der Waals surface area contributed by atoms with E-state index in [0.29, 0.717) is 31.6 Å². The molecule has 208 valence electrons. The smallest absolute Gasteiger partial charge is 0.488 e. The second kappa shape index (κ2) is 11.7. The number of phenolic OH excluding ortho intramolecular Hbond substituents is 1. The Morgan fingerprint density at radius 1 is 1.15 bits per heavy atom. The van der Waals surface area contributed by atoms with Crippen LogP contribution in [0.4, 0.5) is 5.69 Å². The molecular formula is C29H33B2NO8. The number of carbonyl (C=O) groups is 2. The van der Waals surface area contributed by atoms with E-state index in [1.165, 1.54) is 12.1 Å². The number of allylic oxidation sites excluding steroid dienone is 1. The Bertz CT molecular complexity index is 1340. The molecule has 2 aromatic rings. The van der Waals surface area contributed by atoms with E-state index < -0.39 is 32.2 Å². The summed E-state index contributed by atoms with van der Waals surface area (Å²) >= 11 is 0. The van der Waals surface area contributed by atoms with Crippen molar-refractivity contribution < 1.29 is 39.2 Å². The Hall–Kier alpha value is -3.21. The molecule has 0 unspecified atom stereocenters. The van der Waals surface area contributed by atoms with Crippen molar-refractivity contribution in [3.8, 4) is 5.75 Å². The molecule has 0 aromatic heterocycles. The van der Waals surface area contributed by atoms with Gasteiger partial charge in [-0.05, 0) is 84.9 Å². The van der Waals surface area contributed by atoms with Gasteiger partial charge in [0.2, 0.25) is 11.8 Å². The van der Waals surface area contributed by atoms with E-state index in [1.54, 1.807) is 31.4 Å². The van der Waals surface area contributed by atoms with Gasteiger partial charge in [0.1, 0.15) is 5.75 Å². The van der Waals surface area contributed by atoms with Gasteiger partial charge in [-0.15, -0.1) is 0 Å². The summed E-state index contributed by atoms with van der Waals surface area (Å²) in [5.74, 6) is -2.12. The Morgan fingerprint density at radius 3 is 2.60 bits per heavy atom. The van der Waals surface area contributed by atoms with Crippen LogP contribution < -0.4 is 10.4 Å². The van der Waals surface area contributed by atoms with Gasteiger partial charge in [-0.2, -0.15) is 0 Å². The minimum absolute atomic E-state index is 0.184. The summed E-state index contributed by atoms with van der Waals surface area (Å²) in [7, 11) is -1.21. The van der Waals surface area contributed by atoms with Crippen molar-refractivity contribution in [1.82, 2.24) is 0 Å². The van der Waals surface area contributed by atoms with Gasteiger partial charge in [-0.3, -0.25) is 14.5 Å². The van der Waals surface area contributed by atoms with Crippen LogP contribution in [0.15, 0.2) is 65.3 Å². The van der Waals surface area contributed by atoms with E-state index in [0.717, 1.165) is 27.2 Å². The second-order valence-corrected chi connectivity index (χ2v) is 10.9. The molecule has 2 heterocycles. The molecule has 5 rings (SSSR count). The van der Waals surface area contributed by atoms with Crippen LogP contribution in [-0.4, -0.2) is 66.1 Å². The number of hydrogen-bond donors (Lipinski definition) is 4. The van der Waals surface area contributed by atoms with Crippen molar-refractivity contribution in [3.63, 3.8) is 0 Å². The third-order valence-electron chi connectivity index (χ3n) is 8.16. The number of carbonyl (C=O) groups excluding carboxylic acids is 2. The number of fused-ring (bicyclic) bond motifs is 3. The fourth-order valence-corrected chi connectivity index (χ4v) is 6.44. The van der Waals surface area contributed by atoms with E-state index in [9.17, 15) is 29.8 Å². The highest BCUT2D eigenvalue weighted by atomic mass is 16.5. The zero-order chi connectivity index (χ0) is 28.6. The van der Waals surface area contributed by atoms with Crippen LogP contribution in [0.25, 0.3) is 6.08 Å². The van der Waals surface area contributed by atoms with Gasteiger partial charge in [0.15, 0.2) is 0 Å². The largest absolute Gasteiger partial charge is 0.508 e. The highest BCUT2D eigenvalue weighted by Gasteiger charge is 2.57. The first-order valence-corrected chi connectivity index (χ1v) is 13.5. The monoisotopic (exact) mass is 545 g/mol. The fraction of sp³-hybridized carbons (Fsp3) is 0.379. The van der Waals surface area contributed by atoms with Crippen molar-refractivity contribution in [2.45, 2.75) is 38.6 Å². The molecule has 40 heavy (non-hydrogen) atoms. The highest BCUT2D eigenvalue weighted by Crippen LogP contribution is 2.51. The van der Waals surface area contributed by atoms with Crippen LogP contribution in [0.3, 0.4) is 0 Å². The summed E-state index contributed by atoms with van der Waals surface area (Å²) in [5.41, 5.74) is 4.40. The van der Waals surface area contributed by atoms with Crippen molar-refractivity contribution >= 4 is 43.3 Å². The van der Waals surface area contributed by atoms with Gasteiger partial charge in [-0.25, -0.2) is 0 Å². The van der Waals surface area contributed by atoms with Crippen LogP contribution in [0.1, 0.15) is 31.7 Å². The summed E-state index contributed by atoms with van der Waals surface area (Å²) in [6.45, 7) is 2.31. The molecular weight excluding hydrogens is 512 g/mol. The molecule has 2 saturated heterocycles. The first-order valence-electron chi connectivity index (χ1n) is 13.5. The molecule has 9 nitrogen and oxygen atoms in total. The molecule has 0 radical (unpaired) electrons. The molecule has 0 saturated carbocycles. The van der Waals surface area contributed by atoms with E-state index in [4.69, 9.17) is 9.39 Å². The van der Waals surface area contributed by atoms with Crippen LogP contribution in [0.5, 0.6) is 5.75 Å². The minimum atomic E-state index is -1.73. The average Bonchev–Trinajstić information content (AvgIpc) is 3.18. The molecule has 0 spiro atoms. The molecule has 4 atom stereocenters. The maximum Gasteiger partial charge on any atom is 0.488 e. The van der Waals surface area contributed by atoms with Gasteiger partial charge in [0.25, 0.3) is 0 Å². The lowest BCUT2D eigenvalue weighted by Gasteiger charge is -2.43. The van der Waals surface area contributed by atoms with Gasteiger partial charge >= 0.3 is 14.2 Å². The predicted molar refractivity (Wildman–Crippen MR) is 151 cm³/mol. The molecule has 3 aliphatic rings. The number of phenols is 1. The first-order chi connectivity index (χ1) is 19.2. The van der Waals surface area contributed by atoms with E-state index in [-0.39, 0.29) is 35.3 Å². The number of rotatable bonds is 8. The van der Waals surface area contributed by atoms with E-state index in [2.05, 4.69) is 0 Å². The lowest BCUT2D eigenvalue weighted by molar-refractivity contribution is -0.122. The molecule has 11 heteroatoms. The maximum atomic E-state index is 13.8. The molecule has 2 amide bonds. The summed E-state index contributed by atoms with van der Waals surface area (Å²) in [5, 5.41) is 39.5. The van der Waals surface area contributed by atoms with Crippen LogP contribution in [0, 0.1) is 17.8 Å². The minimum Gasteiger partial charge on any atom is -0.508 e. The molecule has 2 fully saturated rings. The van der Waals surface area contributed by atoms with Crippen molar-refractivity contribution in [2.24, 2.45) is 17.8 Å². The zero-order valence-corrected chi connectivity index (χ0v) is 22.6. The Kier molecular flexibility index (Phi) is 8.30. The van der Waals surface area contributed by atoms with Crippen molar-refractivity contribution in [1.29, 1.82) is 0 Å². The van der Waals surface area contributed by atoms with Gasteiger partial charge in [0.05, 0.1) is 30.2 Å². The number of benzene rings is 2. The van der Waals surface area contributed by atoms with Crippen LogP contribution in [0.2, 0.25) is 6.32 Å². The fourth-order valence-electron chi connectivity index (χ4n) is 6.44. The Labute approximate surface area is 234 Å². The standard InChI is InChI=1S/C29H33B2NO8/c1-17(12-18-7-9-22(33)10-8-18)6-11-25-26-19(16-39-2)13-23-27(24(26)15-30(36)40-25)29(35)32(28(23)34)21-5-3-4-20(14-21)31(37)38/h3-5,7-10,12,14,23-25,27,33,36-38H,6,11,13,15-16H2,1-2H3/b17-12+/t23-,24+,25-,27-/m1/s1. The summed E-state index contributed by atoms with van der Waals surface area (Å²) in [6, 6.07) is 13.1. The van der Waals surface area contributed by atoms with Gasteiger partial charge in [-0.1, -0.05) is 35.9 Å². The molecule has 2 aliphatic heterocycles. The van der Waals surface area contributed by atoms with Gasteiger partial charge < -0.3 is 29.6 Å². The number of hydrogen-bond acceptors (Lipinski definition) is 8. The third kappa shape index (κ3) is 5.53. The second-order valence-electron chi connectivity index (χ2n) is 10.9. The van der Waals surface area contributed by atoms with E-state index >= 15 is 0 Å². The van der Waals surface area contributed by atoms with Gasteiger partial charge in [0, 0.05) is 7.11 Å². The number of aromatic hydroxyl groups is 1. The first kappa shape index (κ1) is 28.3. The summed E-state index contributed by atoms with van der Waals surface area (Å²) in [6.07, 6.45) is 3.41. The lowest BCUT2D eigenvalue weighted by atomic mass is 9.58.